The van der Waals surface area contributed by atoms with Crippen LogP contribution in [0.25, 0.3) is 5.69 Å². The van der Waals surface area contributed by atoms with E-state index in [1.54, 1.807) is 35.9 Å². The summed E-state index contributed by atoms with van der Waals surface area (Å²) in [7, 11) is 0. The van der Waals surface area contributed by atoms with E-state index in [0.717, 1.165) is 45.2 Å². The van der Waals surface area contributed by atoms with Crippen molar-refractivity contribution in [2.45, 2.75) is 77.0 Å². The number of benzene rings is 1. The SMILES string of the molecule is CCCN(Cc1ccc(-n2ccc(NC(=O)N3CCN(C(=O)C(C)(C)N)CC3)nc2=O)cc1)[C@H]1CC[C@H](N)CC1.Cl. The van der Waals surface area contributed by atoms with Crippen LogP contribution in [0.3, 0.4) is 0 Å². The van der Waals surface area contributed by atoms with E-state index in [2.05, 4.69) is 34.3 Å². The number of rotatable bonds is 8. The van der Waals surface area contributed by atoms with Gasteiger partial charge >= 0.3 is 11.7 Å². The van der Waals surface area contributed by atoms with Gasteiger partial charge in [-0.15, -0.1) is 12.4 Å². The molecule has 0 radical (unpaired) electrons. The minimum absolute atomic E-state index is 0. The third-order valence-corrected chi connectivity index (χ3v) is 7.81. The van der Waals surface area contributed by atoms with Crippen molar-refractivity contribution in [3.05, 3.63) is 52.6 Å². The van der Waals surface area contributed by atoms with Crippen molar-refractivity contribution in [3.63, 3.8) is 0 Å². The first kappa shape index (κ1) is 32.5. The van der Waals surface area contributed by atoms with Crippen LogP contribution < -0.4 is 22.5 Å². The molecular formula is C29H45ClN8O3. The Labute approximate surface area is 248 Å². The summed E-state index contributed by atoms with van der Waals surface area (Å²) >= 11 is 0. The van der Waals surface area contributed by atoms with Crippen LogP contribution in [0.2, 0.25) is 0 Å². The van der Waals surface area contributed by atoms with Gasteiger partial charge in [-0.3, -0.25) is 19.6 Å². The van der Waals surface area contributed by atoms with Crippen LogP contribution >= 0.6 is 12.4 Å². The molecule has 41 heavy (non-hydrogen) atoms. The quantitative estimate of drug-likeness (QED) is 0.430. The minimum atomic E-state index is -0.946. The molecule has 0 bridgehead atoms. The maximum absolute atomic E-state index is 12.8. The fourth-order valence-electron chi connectivity index (χ4n) is 5.52. The molecule has 0 spiro atoms. The van der Waals surface area contributed by atoms with Crippen LogP contribution in [-0.2, 0) is 11.3 Å². The van der Waals surface area contributed by atoms with Crippen LogP contribution in [0.5, 0.6) is 0 Å². The summed E-state index contributed by atoms with van der Waals surface area (Å²) in [6, 6.07) is 10.1. The highest BCUT2D eigenvalue weighted by Gasteiger charge is 2.31. The second-order valence-electron chi connectivity index (χ2n) is 11.6. The number of anilines is 1. The molecule has 1 aliphatic heterocycles. The first-order valence-electron chi connectivity index (χ1n) is 14.4. The summed E-state index contributed by atoms with van der Waals surface area (Å²) < 4.78 is 1.46. The van der Waals surface area contributed by atoms with Crippen molar-refractivity contribution >= 4 is 30.2 Å². The molecule has 5 N–H and O–H groups in total. The van der Waals surface area contributed by atoms with Gasteiger partial charge in [0.25, 0.3) is 0 Å². The molecule has 4 rings (SSSR count). The lowest BCUT2D eigenvalue weighted by molar-refractivity contribution is -0.137. The Morgan fingerprint density at radius 3 is 2.20 bits per heavy atom. The van der Waals surface area contributed by atoms with Gasteiger partial charge in [-0.1, -0.05) is 19.1 Å². The number of halogens is 1. The van der Waals surface area contributed by atoms with E-state index in [4.69, 9.17) is 11.5 Å². The Bertz CT molecular complexity index is 1210. The van der Waals surface area contributed by atoms with E-state index in [-0.39, 0.29) is 30.2 Å². The van der Waals surface area contributed by atoms with Crippen molar-refractivity contribution in [3.8, 4) is 5.69 Å². The zero-order valence-electron chi connectivity index (χ0n) is 24.4. The molecule has 2 aromatic rings. The van der Waals surface area contributed by atoms with Gasteiger partial charge in [0.1, 0.15) is 5.82 Å². The van der Waals surface area contributed by atoms with Gasteiger partial charge in [-0.2, -0.15) is 4.98 Å². The predicted molar refractivity (Wildman–Crippen MR) is 163 cm³/mol. The van der Waals surface area contributed by atoms with Crippen molar-refractivity contribution in [1.82, 2.24) is 24.3 Å². The molecule has 0 atom stereocenters. The molecule has 1 aliphatic carbocycles. The number of nitrogens with one attached hydrogen (secondary N) is 1. The smallest absolute Gasteiger partial charge is 0.338 e. The summed E-state index contributed by atoms with van der Waals surface area (Å²) in [5.41, 5.74) is 12.5. The lowest BCUT2D eigenvalue weighted by atomic mass is 9.90. The van der Waals surface area contributed by atoms with Crippen molar-refractivity contribution in [2.75, 3.05) is 38.0 Å². The van der Waals surface area contributed by atoms with Crippen molar-refractivity contribution < 1.29 is 9.59 Å². The molecule has 12 heteroatoms. The van der Waals surface area contributed by atoms with Gasteiger partial charge < -0.3 is 21.3 Å². The number of carbonyl (C=O) groups is 2. The molecule has 1 saturated heterocycles. The largest absolute Gasteiger partial charge is 0.354 e. The lowest BCUT2D eigenvalue weighted by Gasteiger charge is -2.37. The fourth-order valence-corrected chi connectivity index (χ4v) is 5.52. The Hall–Kier alpha value is -2.99. The van der Waals surface area contributed by atoms with E-state index in [9.17, 15) is 14.4 Å². The van der Waals surface area contributed by atoms with Gasteiger partial charge in [0.2, 0.25) is 5.91 Å². The number of aromatic nitrogens is 2. The van der Waals surface area contributed by atoms with Crippen molar-refractivity contribution in [2.24, 2.45) is 11.5 Å². The number of hydrogen-bond acceptors (Lipinski definition) is 7. The molecule has 11 nitrogen and oxygen atoms in total. The monoisotopic (exact) mass is 588 g/mol. The molecule has 0 unspecified atom stereocenters. The van der Waals surface area contributed by atoms with E-state index < -0.39 is 11.2 Å². The number of urea groups is 1. The van der Waals surface area contributed by atoms with Crippen LogP contribution in [-0.4, -0.2) is 86.5 Å². The lowest BCUT2D eigenvalue weighted by Crippen LogP contribution is -2.58. The summed E-state index contributed by atoms with van der Waals surface area (Å²) in [4.78, 5) is 47.8. The zero-order chi connectivity index (χ0) is 28.9. The molecule has 2 heterocycles. The number of nitrogens with zero attached hydrogens (tertiary/aromatic N) is 5. The fraction of sp³-hybridized carbons (Fsp3) is 0.586. The Kier molecular flexibility index (Phi) is 11.3. The first-order valence-corrected chi connectivity index (χ1v) is 14.4. The van der Waals surface area contributed by atoms with E-state index in [1.807, 2.05) is 12.1 Å². The summed E-state index contributed by atoms with van der Waals surface area (Å²) in [6.45, 7) is 9.05. The predicted octanol–water partition coefficient (Wildman–Crippen LogP) is 2.55. The van der Waals surface area contributed by atoms with Gasteiger partial charge in [0.05, 0.1) is 11.2 Å². The molecule has 2 aliphatic rings. The summed E-state index contributed by atoms with van der Waals surface area (Å²) in [5.74, 6) is 0.0467. The number of piperazine rings is 1. The van der Waals surface area contributed by atoms with Gasteiger partial charge in [0.15, 0.2) is 0 Å². The van der Waals surface area contributed by atoms with Gasteiger partial charge in [-0.25, -0.2) is 9.59 Å². The van der Waals surface area contributed by atoms with Crippen LogP contribution in [0.4, 0.5) is 10.6 Å². The molecule has 226 valence electrons. The molecule has 2 fully saturated rings. The summed E-state index contributed by atoms with van der Waals surface area (Å²) in [6.07, 6.45) is 7.18. The topological polar surface area (TPSA) is 143 Å². The number of hydrogen-bond donors (Lipinski definition) is 3. The normalized spacial score (nSPS) is 19.6. The third kappa shape index (κ3) is 8.51. The number of carbonyl (C=O) groups excluding carboxylic acids is 2. The maximum atomic E-state index is 12.8. The average molecular weight is 589 g/mol. The van der Waals surface area contributed by atoms with E-state index in [1.165, 1.54) is 10.1 Å². The maximum Gasteiger partial charge on any atom is 0.354 e. The van der Waals surface area contributed by atoms with Crippen LogP contribution in [0.1, 0.15) is 58.4 Å². The second kappa shape index (κ2) is 14.3. The van der Waals surface area contributed by atoms with Gasteiger partial charge in [0, 0.05) is 51.0 Å². The molecule has 3 amide bonds. The molecule has 1 aromatic carbocycles. The highest BCUT2D eigenvalue weighted by atomic mass is 35.5. The van der Waals surface area contributed by atoms with E-state index >= 15 is 0 Å². The number of amides is 3. The van der Waals surface area contributed by atoms with Crippen molar-refractivity contribution in [1.29, 1.82) is 0 Å². The Morgan fingerprint density at radius 2 is 1.63 bits per heavy atom. The highest BCUT2D eigenvalue weighted by molar-refractivity contribution is 5.89. The standard InChI is InChI=1S/C29H44N8O3.ClH/c1-4-14-36(23-11-7-22(30)8-12-23)20-21-5-9-24(10-6-21)37-15-13-25(33-28(37)40)32-27(39)35-18-16-34(17-19-35)26(38)29(2,3)31;/h5-6,9-10,13,15,22-23H,4,7-8,11-12,14,16-20,30-31H2,1-3H3,(H,32,33,39,40);1H/t22-,23-;. The minimum Gasteiger partial charge on any atom is -0.338 e. The average Bonchev–Trinajstić information content (AvgIpc) is 2.93. The third-order valence-electron chi connectivity index (χ3n) is 7.81. The summed E-state index contributed by atoms with van der Waals surface area (Å²) in [5, 5.41) is 2.70. The van der Waals surface area contributed by atoms with E-state index in [0.29, 0.717) is 44.0 Å². The zero-order valence-corrected chi connectivity index (χ0v) is 25.2. The molecule has 1 saturated carbocycles. The molecule has 1 aromatic heterocycles. The molecular weight excluding hydrogens is 544 g/mol. The van der Waals surface area contributed by atoms with Crippen LogP contribution in [0.15, 0.2) is 41.3 Å². The Morgan fingerprint density at radius 1 is 1.02 bits per heavy atom. The first-order chi connectivity index (χ1) is 19.0. The van der Waals surface area contributed by atoms with Gasteiger partial charge in [-0.05, 0) is 76.3 Å². The Balaban J connectivity index is 0.00000462. The second-order valence-corrected chi connectivity index (χ2v) is 11.6. The highest BCUT2D eigenvalue weighted by Crippen LogP contribution is 2.24. The number of nitrogens with two attached hydrogens (primary N) is 2. The van der Waals surface area contributed by atoms with Crippen LogP contribution in [0, 0.1) is 0 Å².